The topological polar surface area (TPSA) is 93.1 Å². The Bertz CT molecular complexity index is 1200. The molecule has 0 saturated heterocycles. The Morgan fingerprint density at radius 3 is 2.78 bits per heavy atom. The summed E-state index contributed by atoms with van der Waals surface area (Å²) in [5.74, 6) is -0.553. The van der Waals surface area contributed by atoms with Crippen molar-refractivity contribution in [2.75, 3.05) is 5.32 Å². The van der Waals surface area contributed by atoms with E-state index in [1.165, 1.54) is 22.4 Å². The Labute approximate surface area is 186 Å². The van der Waals surface area contributed by atoms with Gasteiger partial charge in [0.2, 0.25) is 5.91 Å². The predicted octanol–water partition coefficient (Wildman–Crippen LogP) is 3.39. The number of carbonyl (C=O) groups excluding carboxylic acids is 2. The van der Waals surface area contributed by atoms with Crippen molar-refractivity contribution in [3.05, 3.63) is 93.4 Å². The molecule has 0 unspecified atom stereocenters. The maximum absolute atomic E-state index is 12.6. The quantitative estimate of drug-likeness (QED) is 0.627. The second-order valence-electron chi connectivity index (χ2n) is 8.06. The van der Waals surface area contributed by atoms with Gasteiger partial charge in [0.1, 0.15) is 5.69 Å². The second kappa shape index (κ2) is 9.60. The van der Waals surface area contributed by atoms with E-state index in [2.05, 4.69) is 27.9 Å². The summed E-state index contributed by atoms with van der Waals surface area (Å²) in [6.45, 7) is 2.04. The van der Waals surface area contributed by atoms with Gasteiger partial charge >= 0.3 is 0 Å². The molecule has 7 heteroatoms. The standard InChI is InChI=1S/C25H26N4O3/c1-17-6-4-9-19(16-17)26-25(32)22-12-13-24(31)29(28-22)15-14-23(30)27-21-11-5-8-18-7-2-3-10-20(18)21/h2-4,6-7,9-10,12-13,16,21H,5,8,11,14-15H2,1H3,(H,26,32)(H,27,30)/t21-/m0/s1. The minimum atomic E-state index is -0.410. The van der Waals surface area contributed by atoms with Gasteiger partial charge in [-0.15, -0.1) is 0 Å². The molecule has 0 bridgehead atoms. The maximum Gasteiger partial charge on any atom is 0.276 e. The largest absolute Gasteiger partial charge is 0.349 e. The lowest BCUT2D eigenvalue weighted by Crippen LogP contribution is -2.33. The lowest BCUT2D eigenvalue weighted by molar-refractivity contribution is -0.122. The van der Waals surface area contributed by atoms with Crippen molar-refractivity contribution >= 4 is 17.5 Å². The number of amides is 2. The fraction of sp³-hybridized carbons (Fsp3) is 0.280. The number of aryl methyl sites for hydroxylation is 3. The number of hydrogen-bond donors (Lipinski definition) is 2. The normalized spacial score (nSPS) is 15.0. The van der Waals surface area contributed by atoms with Crippen molar-refractivity contribution in [1.29, 1.82) is 0 Å². The van der Waals surface area contributed by atoms with Gasteiger partial charge in [0.15, 0.2) is 0 Å². The molecular weight excluding hydrogens is 404 g/mol. The molecule has 1 aromatic heterocycles. The van der Waals surface area contributed by atoms with Gasteiger partial charge < -0.3 is 10.6 Å². The van der Waals surface area contributed by atoms with Gasteiger partial charge in [0.25, 0.3) is 11.5 Å². The molecule has 1 heterocycles. The Morgan fingerprint density at radius 2 is 1.94 bits per heavy atom. The van der Waals surface area contributed by atoms with E-state index in [9.17, 15) is 14.4 Å². The SMILES string of the molecule is Cc1cccc(NC(=O)c2ccc(=O)n(CCC(=O)N[C@H]3CCCc4ccccc43)n2)c1. The van der Waals surface area contributed by atoms with Crippen molar-refractivity contribution in [2.45, 2.75) is 45.2 Å². The Hall–Kier alpha value is -3.74. The third-order valence-corrected chi connectivity index (χ3v) is 5.63. The Balaban J connectivity index is 1.39. The average Bonchev–Trinajstić information content (AvgIpc) is 2.79. The van der Waals surface area contributed by atoms with Crippen LogP contribution in [0.3, 0.4) is 0 Å². The van der Waals surface area contributed by atoms with Crippen molar-refractivity contribution in [3.63, 3.8) is 0 Å². The zero-order valence-corrected chi connectivity index (χ0v) is 18.0. The van der Waals surface area contributed by atoms with Gasteiger partial charge in [-0.3, -0.25) is 14.4 Å². The minimum Gasteiger partial charge on any atom is -0.349 e. The number of nitrogens with one attached hydrogen (secondary N) is 2. The van der Waals surface area contributed by atoms with Gasteiger partial charge in [-0.1, -0.05) is 36.4 Å². The molecule has 0 spiro atoms. The number of hydrogen-bond acceptors (Lipinski definition) is 4. The lowest BCUT2D eigenvalue weighted by atomic mass is 9.88. The Kier molecular flexibility index (Phi) is 6.44. The van der Waals surface area contributed by atoms with E-state index in [0.717, 1.165) is 30.4 Å². The summed E-state index contributed by atoms with van der Waals surface area (Å²) in [7, 11) is 0. The molecule has 2 amide bonds. The summed E-state index contributed by atoms with van der Waals surface area (Å²) < 4.78 is 1.17. The van der Waals surface area contributed by atoms with Crippen molar-refractivity contribution in [2.24, 2.45) is 0 Å². The molecule has 1 atom stereocenters. The molecule has 7 nitrogen and oxygen atoms in total. The highest BCUT2D eigenvalue weighted by Gasteiger charge is 2.21. The third-order valence-electron chi connectivity index (χ3n) is 5.63. The monoisotopic (exact) mass is 430 g/mol. The number of benzene rings is 2. The molecular formula is C25H26N4O3. The fourth-order valence-corrected chi connectivity index (χ4v) is 4.03. The average molecular weight is 431 g/mol. The third kappa shape index (κ3) is 5.11. The summed E-state index contributed by atoms with van der Waals surface area (Å²) in [6, 6.07) is 18.3. The first kappa shape index (κ1) is 21.5. The number of anilines is 1. The van der Waals surface area contributed by atoms with Gasteiger partial charge in [0.05, 0.1) is 12.6 Å². The van der Waals surface area contributed by atoms with E-state index in [4.69, 9.17) is 0 Å². The molecule has 4 rings (SSSR count). The molecule has 164 valence electrons. The van der Waals surface area contributed by atoms with Crippen LogP contribution in [0.1, 0.15) is 52.5 Å². The molecule has 0 fully saturated rings. The number of aromatic nitrogens is 2. The molecule has 0 saturated carbocycles. The number of rotatable bonds is 6. The van der Waals surface area contributed by atoms with E-state index in [0.29, 0.717) is 5.69 Å². The summed E-state index contributed by atoms with van der Waals surface area (Å²) >= 11 is 0. The van der Waals surface area contributed by atoms with E-state index in [-0.39, 0.29) is 36.2 Å². The van der Waals surface area contributed by atoms with Crippen LogP contribution in [0.25, 0.3) is 0 Å². The van der Waals surface area contributed by atoms with Crippen LogP contribution in [0.2, 0.25) is 0 Å². The van der Waals surface area contributed by atoms with E-state index in [1.54, 1.807) is 6.07 Å². The van der Waals surface area contributed by atoms with Crippen LogP contribution in [0.5, 0.6) is 0 Å². The molecule has 1 aliphatic carbocycles. The molecule has 0 aliphatic heterocycles. The fourth-order valence-electron chi connectivity index (χ4n) is 4.03. The van der Waals surface area contributed by atoms with Crippen molar-refractivity contribution < 1.29 is 9.59 Å². The molecule has 1 aliphatic rings. The first-order valence-electron chi connectivity index (χ1n) is 10.8. The number of fused-ring (bicyclic) bond motifs is 1. The van der Waals surface area contributed by atoms with E-state index >= 15 is 0 Å². The zero-order chi connectivity index (χ0) is 22.5. The van der Waals surface area contributed by atoms with Gasteiger partial charge in [-0.05, 0) is 61.1 Å². The highest BCUT2D eigenvalue weighted by molar-refractivity contribution is 6.02. The van der Waals surface area contributed by atoms with Crippen molar-refractivity contribution in [3.8, 4) is 0 Å². The summed E-state index contributed by atoms with van der Waals surface area (Å²) in [5, 5.41) is 10.0. The molecule has 32 heavy (non-hydrogen) atoms. The lowest BCUT2D eigenvalue weighted by Gasteiger charge is -2.26. The highest BCUT2D eigenvalue weighted by atomic mass is 16.2. The highest BCUT2D eigenvalue weighted by Crippen LogP contribution is 2.29. The van der Waals surface area contributed by atoms with E-state index < -0.39 is 5.91 Å². The second-order valence-corrected chi connectivity index (χ2v) is 8.06. The van der Waals surface area contributed by atoms with Gasteiger partial charge in [-0.2, -0.15) is 5.10 Å². The molecule has 0 radical (unpaired) electrons. The summed E-state index contributed by atoms with van der Waals surface area (Å²) in [4.78, 5) is 37.3. The van der Waals surface area contributed by atoms with E-state index in [1.807, 2.05) is 37.3 Å². The first-order valence-corrected chi connectivity index (χ1v) is 10.8. The van der Waals surface area contributed by atoms with Crippen LogP contribution in [-0.4, -0.2) is 21.6 Å². The van der Waals surface area contributed by atoms with Gasteiger partial charge in [0, 0.05) is 18.2 Å². The van der Waals surface area contributed by atoms with Crippen LogP contribution in [0.15, 0.2) is 65.5 Å². The van der Waals surface area contributed by atoms with Crippen LogP contribution >= 0.6 is 0 Å². The molecule has 2 N–H and O–H groups in total. The molecule has 3 aromatic rings. The number of carbonyl (C=O) groups is 2. The minimum absolute atomic E-state index is 0.0106. The zero-order valence-electron chi connectivity index (χ0n) is 18.0. The van der Waals surface area contributed by atoms with Crippen molar-refractivity contribution in [1.82, 2.24) is 15.1 Å². The number of nitrogens with zero attached hydrogens (tertiary/aromatic N) is 2. The van der Waals surface area contributed by atoms with Crippen LogP contribution in [0, 0.1) is 6.92 Å². The van der Waals surface area contributed by atoms with Crippen LogP contribution in [-0.2, 0) is 17.8 Å². The summed E-state index contributed by atoms with van der Waals surface area (Å²) in [5.41, 5.74) is 3.88. The smallest absolute Gasteiger partial charge is 0.276 e. The maximum atomic E-state index is 12.6. The predicted molar refractivity (Wildman–Crippen MR) is 123 cm³/mol. The summed E-state index contributed by atoms with van der Waals surface area (Å²) in [6.07, 6.45) is 3.06. The Morgan fingerprint density at radius 1 is 1.09 bits per heavy atom. The first-order chi connectivity index (χ1) is 15.5. The van der Waals surface area contributed by atoms with Crippen LogP contribution in [0.4, 0.5) is 5.69 Å². The molecule has 2 aromatic carbocycles. The van der Waals surface area contributed by atoms with Gasteiger partial charge in [-0.25, -0.2) is 4.68 Å². The van der Waals surface area contributed by atoms with Crippen LogP contribution < -0.4 is 16.2 Å².